The van der Waals surface area contributed by atoms with Crippen LogP contribution >= 0.6 is 23.4 Å². The Hall–Kier alpha value is -2.89. The van der Waals surface area contributed by atoms with Crippen molar-refractivity contribution in [2.24, 2.45) is 18.2 Å². The molecular weight excluding hydrogens is 460 g/mol. The zero-order valence-electron chi connectivity index (χ0n) is 18.0. The lowest BCUT2D eigenvalue weighted by Gasteiger charge is -2.41. The number of imidazole rings is 1. The predicted molar refractivity (Wildman–Crippen MR) is 127 cm³/mol. The van der Waals surface area contributed by atoms with E-state index in [0.717, 1.165) is 54.7 Å². The van der Waals surface area contributed by atoms with Gasteiger partial charge in [0.15, 0.2) is 11.3 Å². The molecule has 0 amide bonds. The maximum absolute atomic E-state index is 6.63. The number of hydrogen-bond acceptors (Lipinski definition) is 9. The summed E-state index contributed by atoms with van der Waals surface area (Å²) in [6.45, 7) is 2.64. The number of nitrogens with two attached hydrogens (primary N) is 2. The highest BCUT2D eigenvalue weighted by Gasteiger charge is 2.47. The van der Waals surface area contributed by atoms with Gasteiger partial charge in [0.2, 0.25) is 5.95 Å². The van der Waals surface area contributed by atoms with Gasteiger partial charge in [-0.15, -0.1) is 0 Å². The van der Waals surface area contributed by atoms with Crippen molar-refractivity contribution in [2.75, 3.05) is 23.7 Å². The molecule has 170 valence electrons. The highest BCUT2D eigenvalue weighted by atomic mass is 35.5. The lowest BCUT2D eigenvalue weighted by atomic mass is 9.74. The standard InChI is InChI=1S/C21H23ClN10S/c1-30-19-18(28-14(10-26-19)33-13-3-6-25-17(24)15(13)22)29-20(30)31-8-4-21(5-9-31)11-32-12(16(21)23)2-7-27-32/h2-3,6-7,10,16H,4-5,8-9,11,23H2,1H3,(H2,24,25)/t16-/m1/s1. The zero-order chi connectivity index (χ0) is 22.7. The minimum Gasteiger partial charge on any atom is -0.382 e. The van der Waals surface area contributed by atoms with Crippen LogP contribution in [0.3, 0.4) is 0 Å². The molecule has 0 saturated carbocycles. The van der Waals surface area contributed by atoms with E-state index in [1.165, 1.54) is 11.8 Å². The number of nitrogens with zero attached hydrogens (tertiary/aromatic N) is 8. The normalized spacial score (nSPS) is 19.5. The van der Waals surface area contributed by atoms with Gasteiger partial charge < -0.3 is 16.4 Å². The van der Waals surface area contributed by atoms with Crippen LogP contribution in [-0.4, -0.2) is 47.4 Å². The first-order chi connectivity index (χ1) is 15.9. The second-order valence-electron chi connectivity index (χ2n) is 8.68. The van der Waals surface area contributed by atoms with Crippen LogP contribution in [-0.2, 0) is 13.6 Å². The number of hydrogen-bond donors (Lipinski definition) is 2. The SMILES string of the molecule is Cn1c(N2CCC3(CC2)Cn2nccc2[C@H]3N)nc2nc(Sc3ccnc(N)c3Cl)cnc21. The van der Waals surface area contributed by atoms with Gasteiger partial charge in [0.25, 0.3) is 0 Å². The molecule has 1 atom stereocenters. The molecule has 1 spiro atoms. The van der Waals surface area contributed by atoms with Crippen molar-refractivity contribution in [3.05, 3.63) is 41.4 Å². The Morgan fingerprint density at radius 1 is 1.15 bits per heavy atom. The first kappa shape index (κ1) is 20.7. The van der Waals surface area contributed by atoms with E-state index in [-0.39, 0.29) is 11.5 Å². The third-order valence-corrected chi connectivity index (χ3v) is 8.34. The number of piperidine rings is 1. The molecule has 33 heavy (non-hydrogen) atoms. The maximum Gasteiger partial charge on any atom is 0.209 e. The number of aromatic nitrogens is 7. The van der Waals surface area contributed by atoms with E-state index in [9.17, 15) is 0 Å². The van der Waals surface area contributed by atoms with Gasteiger partial charge in [-0.3, -0.25) is 9.25 Å². The predicted octanol–water partition coefficient (Wildman–Crippen LogP) is 2.64. The minimum absolute atomic E-state index is 0.0274. The number of anilines is 2. The maximum atomic E-state index is 6.63. The molecule has 1 saturated heterocycles. The van der Waals surface area contributed by atoms with Gasteiger partial charge in [0.05, 0.1) is 23.0 Å². The quantitative estimate of drug-likeness (QED) is 0.452. The van der Waals surface area contributed by atoms with Crippen LogP contribution in [0.2, 0.25) is 5.02 Å². The first-order valence-electron chi connectivity index (χ1n) is 10.7. The molecule has 12 heteroatoms. The fourth-order valence-corrected chi connectivity index (χ4v) is 5.98. The van der Waals surface area contributed by atoms with Crippen molar-refractivity contribution in [3.63, 3.8) is 0 Å². The third kappa shape index (κ3) is 3.25. The number of halogens is 1. The van der Waals surface area contributed by atoms with Crippen LogP contribution in [0.1, 0.15) is 24.6 Å². The molecule has 2 aliphatic rings. The number of aryl methyl sites for hydroxylation is 1. The molecule has 4 aromatic heterocycles. The summed E-state index contributed by atoms with van der Waals surface area (Å²) in [7, 11) is 1.98. The Morgan fingerprint density at radius 3 is 2.76 bits per heavy atom. The Balaban J connectivity index is 1.23. The topological polar surface area (TPSA) is 130 Å². The van der Waals surface area contributed by atoms with Gasteiger partial charge in [0, 0.05) is 49.4 Å². The summed E-state index contributed by atoms with van der Waals surface area (Å²) in [5, 5.41) is 5.55. The Labute approximate surface area is 199 Å². The summed E-state index contributed by atoms with van der Waals surface area (Å²) in [5.74, 6) is 1.17. The molecule has 0 unspecified atom stereocenters. The van der Waals surface area contributed by atoms with E-state index in [1.807, 2.05) is 29.9 Å². The molecule has 0 radical (unpaired) electrons. The Kier molecular flexibility index (Phi) is 4.75. The average molecular weight is 483 g/mol. The van der Waals surface area contributed by atoms with E-state index in [1.54, 1.807) is 12.4 Å². The molecule has 4 aromatic rings. The smallest absolute Gasteiger partial charge is 0.209 e. The molecule has 10 nitrogen and oxygen atoms in total. The highest BCUT2D eigenvalue weighted by Crippen LogP contribution is 2.48. The zero-order valence-corrected chi connectivity index (χ0v) is 19.6. The van der Waals surface area contributed by atoms with E-state index in [2.05, 4.69) is 24.6 Å². The molecule has 0 aromatic carbocycles. The molecule has 4 N–H and O–H groups in total. The number of rotatable bonds is 3. The van der Waals surface area contributed by atoms with E-state index in [0.29, 0.717) is 21.5 Å². The minimum atomic E-state index is 0.0274. The van der Waals surface area contributed by atoms with E-state index < -0.39 is 0 Å². The summed E-state index contributed by atoms with van der Waals surface area (Å²) < 4.78 is 4.07. The molecule has 2 aliphatic heterocycles. The van der Waals surface area contributed by atoms with Crippen LogP contribution in [0.25, 0.3) is 11.3 Å². The van der Waals surface area contributed by atoms with Crippen LogP contribution in [0, 0.1) is 5.41 Å². The van der Waals surface area contributed by atoms with Crippen LogP contribution in [0.15, 0.2) is 40.6 Å². The van der Waals surface area contributed by atoms with Crippen molar-refractivity contribution in [1.29, 1.82) is 0 Å². The summed E-state index contributed by atoms with van der Waals surface area (Å²) in [6.07, 6.45) is 7.17. The summed E-state index contributed by atoms with van der Waals surface area (Å²) in [4.78, 5) is 21.2. The lowest BCUT2D eigenvalue weighted by molar-refractivity contribution is 0.169. The summed E-state index contributed by atoms with van der Waals surface area (Å²) in [6, 6.07) is 3.87. The lowest BCUT2D eigenvalue weighted by Crippen LogP contribution is -2.45. The Morgan fingerprint density at radius 2 is 1.97 bits per heavy atom. The highest BCUT2D eigenvalue weighted by molar-refractivity contribution is 7.99. The van der Waals surface area contributed by atoms with Crippen LogP contribution in [0.4, 0.5) is 11.8 Å². The first-order valence-corrected chi connectivity index (χ1v) is 11.9. The third-order valence-electron chi connectivity index (χ3n) is 6.87. The molecular formula is C21H23ClN10S. The van der Waals surface area contributed by atoms with Gasteiger partial charge in [-0.1, -0.05) is 23.4 Å². The van der Waals surface area contributed by atoms with Gasteiger partial charge in [0.1, 0.15) is 10.8 Å². The second kappa shape index (κ2) is 7.57. The largest absolute Gasteiger partial charge is 0.382 e. The van der Waals surface area contributed by atoms with Crippen LogP contribution < -0.4 is 16.4 Å². The number of nitrogen functional groups attached to an aromatic ring is 1. The number of fused-ring (bicyclic) bond motifs is 2. The van der Waals surface area contributed by atoms with Crippen molar-refractivity contribution < 1.29 is 0 Å². The van der Waals surface area contributed by atoms with Gasteiger partial charge >= 0.3 is 0 Å². The van der Waals surface area contributed by atoms with Crippen molar-refractivity contribution in [3.8, 4) is 0 Å². The molecule has 6 rings (SSSR count). The molecule has 1 fully saturated rings. The van der Waals surface area contributed by atoms with E-state index in [4.69, 9.17) is 33.0 Å². The van der Waals surface area contributed by atoms with Crippen molar-refractivity contribution in [1.82, 2.24) is 34.3 Å². The van der Waals surface area contributed by atoms with E-state index >= 15 is 0 Å². The van der Waals surface area contributed by atoms with Gasteiger partial charge in [-0.2, -0.15) is 10.1 Å². The average Bonchev–Trinajstić information content (AvgIpc) is 3.47. The summed E-state index contributed by atoms with van der Waals surface area (Å²) in [5.41, 5.74) is 15.0. The molecule has 0 bridgehead atoms. The Bertz CT molecular complexity index is 1360. The van der Waals surface area contributed by atoms with Crippen LogP contribution in [0.5, 0.6) is 0 Å². The number of pyridine rings is 1. The van der Waals surface area contributed by atoms with Crippen molar-refractivity contribution >= 4 is 46.4 Å². The fourth-order valence-electron chi connectivity index (χ4n) is 4.97. The van der Waals surface area contributed by atoms with Crippen molar-refractivity contribution in [2.45, 2.75) is 35.3 Å². The molecule has 6 heterocycles. The summed E-state index contributed by atoms with van der Waals surface area (Å²) >= 11 is 7.67. The molecule has 0 aliphatic carbocycles. The second-order valence-corrected chi connectivity index (χ2v) is 10.1. The monoisotopic (exact) mass is 482 g/mol. The fraction of sp³-hybridized carbons (Fsp3) is 0.381. The van der Waals surface area contributed by atoms with Gasteiger partial charge in [-0.25, -0.2) is 15.0 Å². The van der Waals surface area contributed by atoms with Gasteiger partial charge in [-0.05, 0) is 25.0 Å².